The second-order valence-electron chi connectivity index (χ2n) is 5.82. The topological polar surface area (TPSA) is 38.5 Å². The Bertz CT molecular complexity index is 456. The zero-order valence-electron chi connectivity index (χ0n) is 12.7. The van der Waals surface area contributed by atoms with Gasteiger partial charge in [-0.25, -0.2) is 4.39 Å². The van der Waals surface area contributed by atoms with E-state index in [2.05, 4.69) is 4.90 Å². The summed E-state index contributed by atoms with van der Waals surface area (Å²) < 4.78 is 19.5. The van der Waals surface area contributed by atoms with E-state index in [9.17, 15) is 4.39 Å². The Morgan fingerprint density at radius 2 is 2.20 bits per heavy atom. The Morgan fingerprint density at radius 1 is 1.45 bits per heavy atom. The van der Waals surface area contributed by atoms with Crippen molar-refractivity contribution in [3.05, 3.63) is 29.1 Å². The summed E-state index contributed by atoms with van der Waals surface area (Å²) in [6, 6.07) is 3.26. The predicted octanol–water partition coefficient (Wildman–Crippen LogP) is 3.16. The quantitative estimate of drug-likeness (QED) is 0.920. The number of halogens is 1. The van der Waals surface area contributed by atoms with Gasteiger partial charge in [-0.15, -0.1) is 0 Å². The van der Waals surface area contributed by atoms with Crippen LogP contribution in [-0.2, 0) is 4.74 Å². The molecule has 0 bridgehead atoms. The number of hydrogen-bond acceptors (Lipinski definition) is 3. The van der Waals surface area contributed by atoms with Gasteiger partial charge < -0.3 is 15.4 Å². The van der Waals surface area contributed by atoms with Gasteiger partial charge in [0.2, 0.25) is 0 Å². The molecule has 0 radical (unpaired) electrons. The molecular formula is C16H25FN2O. The monoisotopic (exact) mass is 280 g/mol. The van der Waals surface area contributed by atoms with Crippen LogP contribution < -0.4 is 10.6 Å². The Balaban J connectivity index is 2.19. The molecule has 1 heterocycles. The molecule has 112 valence electrons. The Kier molecular flexibility index (Phi) is 5.00. The largest absolute Gasteiger partial charge is 0.376 e. The average molecular weight is 280 g/mol. The molecule has 3 nitrogen and oxygen atoms in total. The summed E-state index contributed by atoms with van der Waals surface area (Å²) in [4.78, 5) is 2.14. The standard InChI is InChI=1S/C16H25FN2O/c1-11-8-16(14(12(2)18)9-15(11)17)19(3)10-13-6-4-5-7-20-13/h8-9,12-13H,4-7,10,18H2,1-3H3/t12-,13?/m0/s1. The number of nitrogens with two attached hydrogens (primary N) is 1. The van der Waals surface area contributed by atoms with Crippen molar-refractivity contribution in [1.29, 1.82) is 0 Å². The van der Waals surface area contributed by atoms with Crippen LogP contribution in [-0.4, -0.2) is 26.3 Å². The van der Waals surface area contributed by atoms with Crippen LogP contribution in [0.1, 0.15) is 43.4 Å². The fourth-order valence-corrected chi connectivity index (χ4v) is 2.73. The van der Waals surface area contributed by atoms with Crippen molar-refractivity contribution in [3.63, 3.8) is 0 Å². The first-order chi connectivity index (χ1) is 9.49. The zero-order chi connectivity index (χ0) is 14.7. The maximum atomic E-state index is 13.7. The van der Waals surface area contributed by atoms with E-state index in [0.717, 1.165) is 37.2 Å². The lowest BCUT2D eigenvalue weighted by molar-refractivity contribution is 0.0216. The van der Waals surface area contributed by atoms with Crippen molar-refractivity contribution in [2.45, 2.75) is 45.3 Å². The molecule has 1 aliphatic heterocycles. The molecule has 1 aliphatic rings. The van der Waals surface area contributed by atoms with Gasteiger partial charge in [0.25, 0.3) is 0 Å². The fourth-order valence-electron chi connectivity index (χ4n) is 2.73. The van der Waals surface area contributed by atoms with E-state index in [4.69, 9.17) is 10.5 Å². The Morgan fingerprint density at radius 3 is 2.80 bits per heavy atom. The van der Waals surface area contributed by atoms with Gasteiger partial charge in [-0.2, -0.15) is 0 Å². The van der Waals surface area contributed by atoms with E-state index >= 15 is 0 Å². The molecule has 0 aliphatic carbocycles. The van der Waals surface area contributed by atoms with Gasteiger partial charge in [-0.3, -0.25) is 0 Å². The molecule has 1 saturated heterocycles. The molecule has 2 rings (SSSR count). The van der Waals surface area contributed by atoms with Crippen LogP contribution >= 0.6 is 0 Å². The molecule has 0 aromatic heterocycles. The van der Waals surface area contributed by atoms with E-state index in [1.54, 1.807) is 13.0 Å². The number of likely N-dealkylation sites (N-methyl/N-ethyl adjacent to an activating group) is 1. The zero-order valence-corrected chi connectivity index (χ0v) is 12.7. The summed E-state index contributed by atoms with van der Waals surface area (Å²) in [6.07, 6.45) is 3.74. The molecule has 2 atom stereocenters. The third-order valence-corrected chi connectivity index (χ3v) is 3.96. The van der Waals surface area contributed by atoms with Gasteiger partial charge in [-0.05, 0) is 56.4 Å². The Labute approximate surface area is 120 Å². The second kappa shape index (κ2) is 6.55. The van der Waals surface area contributed by atoms with E-state index in [0.29, 0.717) is 5.56 Å². The number of anilines is 1. The maximum absolute atomic E-state index is 13.7. The van der Waals surface area contributed by atoms with Gasteiger partial charge in [0.05, 0.1) is 6.10 Å². The number of nitrogens with zero attached hydrogens (tertiary/aromatic N) is 1. The molecule has 4 heteroatoms. The van der Waals surface area contributed by atoms with Gasteiger partial charge in [-0.1, -0.05) is 0 Å². The van der Waals surface area contributed by atoms with Crippen molar-refractivity contribution in [2.24, 2.45) is 5.73 Å². The minimum atomic E-state index is -0.191. The SMILES string of the molecule is Cc1cc(N(C)CC2CCCCO2)c([C@H](C)N)cc1F. The lowest BCUT2D eigenvalue weighted by Crippen LogP contribution is -2.34. The minimum Gasteiger partial charge on any atom is -0.376 e. The predicted molar refractivity (Wildman–Crippen MR) is 80.6 cm³/mol. The summed E-state index contributed by atoms with van der Waals surface area (Å²) in [5, 5.41) is 0. The van der Waals surface area contributed by atoms with Crippen molar-refractivity contribution in [1.82, 2.24) is 0 Å². The molecule has 0 spiro atoms. The first-order valence-corrected chi connectivity index (χ1v) is 7.37. The molecule has 0 amide bonds. The number of rotatable bonds is 4. The number of ether oxygens (including phenoxy) is 1. The van der Waals surface area contributed by atoms with Crippen LogP contribution in [0.25, 0.3) is 0 Å². The van der Waals surface area contributed by atoms with E-state index in [-0.39, 0.29) is 18.0 Å². The highest BCUT2D eigenvalue weighted by Crippen LogP contribution is 2.28. The number of hydrogen-bond donors (Lipinski definition) is 1. The first-order valence-electron chi connectivity index (χ1n) is 7.37. The first kappa shape index (κ1) is 15.3. The normalized spacial score (nSPS) is 20.8. The number of benzene rings is 1. The van der Waals surface area contributed by atoms with Crippen LogP contribution in [0.4, 0.5) is 10.1 Å². The fraction of sp³-hybridized carbons (Fsp3) is 0.625. The lowest BCUT2D eigenvalue weighted by Gasteiger charge is -2.30. The third-order valence-electron chi connectivity index (χ3n) is 3.96. The molecule has 1 aromatic rings. The van der Waals surface area contributed by atoms with Crippen molar-refractivity contribution >= 4 is 5.69 Å². The van der Waals surface area contributed by atoms with Crippen LogP contribution in [0.2, 0.25) is 0 Å². The van der Waals surface area contributed by atoms with Crippen LogP contribution in [0.5, 0.6) is 0 Å². The summed E-state index contributed by atoms with van der Waals surface area (Å²) in [5.74, 6) is -0.191. The van der Waals surface area contributed by atoms with Gasteiger partial charge >= 0.3 is 0 Å². The highest BCUT2D eigenvalue weighted by Gasteiger charge is 2.19. The molecular weight excluding hydrogens is 255 g/mol. The summed E-state index contributed by atoms with van der Waals surface area (Å²) in [5.41, 5.74) is 8.49. The highest BCUT2D eigenvalue weighted by atomic mass is 19.1. The summed E-state index contributed by atoms with van der Waals surface area (Å²) in [6.45, 7) is 5.35. The summed E-state index contributed by atoms with van der Waals surface area (Å²) >= 11 is 0. The molecule has 0 saturated carbocycles. The van der Waals surface area contributed by atoms with Gasteiger partial charge in [0.1, 0.15) is 5.82 Å². The minimum absolute atomic E-state index is 0.185. The van der Waals surface area contributed by atoms with E-state index in [1.165, 1.54) is 6.42 Å². The summed E-state index contributed by atoms with van der Waals surface area (Å²) in [7, 11) is 2.02. The number of aryl methyl sites for hydroxylation is 1. The molecule has 20 heavy (non-hydrogen) atoms. The third kappa shape index (κ3) is 3.49. The van der Waals surface area contributed by atoms with Crippen molar-refractivity contribution in [2.75, 3.05) is 25.1 Å². The molecule has 2 N–H and O–H groups in total. The maximum Gasteiger partial charge on any atom is 0.126 e. The van der Waals surface area contributed by atoms with Crippen LogP contribution in [0, 0.1) is 12.7 Å². The second-order valence-corrected chi connectivity index (χ2v) is 5.82. The molecule has 1 aromatic carbocycles. The van der Waals surface area contributed by atoms with Crippen molar-refractivity contribution < 1.29 is 9.13 Å². The lowest BCUT2D eigenvalue weighted by atomic mass is 10.0. The van der Waals surface area contributed by atoms with E-state index < -0.39 is 0 Å². The highest BCUT2D eigenvalue weighted by molar-refractivity contribution is 5.56. The average Bonchev–Trinajstić information content (AvgIpc) is 2.42. The van der Waals surface area contributed by atoms with Gasteiger partial charge in [0, 0.05) is 31.9 Å². The van der Waals surface area contributed by atoms with Crippen LogP contribution in [0.15, 0.2) is 12.1 Å². The van der Waals surface area contributed by atoms with Crippen LogP contribution in [0.3, 0.4) is 0 Å². The Hall–Kier alpha value is -1.13. The molecule has 1 unspecified atom stereocenters. The van der Waals surface area contributed by atoms with Gasteiger partial charge in [0.15, 0.2) is 0 Å². The molecule has 1 fully saturated rings. The van der Waals surface area contributed by atoms with Crippen molar-refractivity contribution in [3.8, 4) is 0 Å². The van der Waals surface area contributed by atoms with E-state index in [1.807, 2.05) is 20.0 Å². The smallest absolute Gasteiger partial charge is 0.126 e.